The van der Waals surface area contributed by atoms with Crippen molar-refractivity contribution in [2.24, 2.45) is 0 Å². The number of nitrogens with zero attached hydrogens (tertiary/aromatic N) is 5. The highest BCUT2D eigenvalue weighted by atomic mass is 16.2. The molecule has 3 aromatic rings. The van der Waals surface area contributed by atoms with Gasteiger partial charge in [-0.1, -0.05) is 12.1 Å². The van der Waals surface area contributed by atoms with E-state index in [4.69, 9.17) is 0 Å². The predicted octanol–water partition coefficient (Wildman–Crippen LogP) is 3.99. The summed E-state index contributed by atoms with van der Waals surface area (Å²) in [6, 6.07) is 11.0. The van der Waals surface area contributed by atoms with Gasteiger partial charge in [-0.05, 0) is 69.9 Å². The van der Waals surface area contributed by atoms with E-state index in [-0.39, 0.29) is 17.9 Å². The lowest BCUT2D eigenvalue weighted by atomic mass is 10.1. The van der Waals surface area contributed by atoms with Crippen molar-refractivity contribution in [2.75, 3.05) is 11.9 Å². The molecular weight excluding hydrogens is 416 g/mol. The number of aryl methyl sites for hydroxylation is 4. The van der Waals surface area contributed by atoms with Crippen molar-refractivity contribution in [3.8, 4) is 0 Å². The number of aromatic nitrogens is 4. The molecule has 172 valence electrons. The molecule has 4 heterocycles. The van der Waals surface area contributed by atoms with Crippen LogP contribution in [0.2, 0.25) is 0 Å². The van der Waals surface area contributed by atoms with Gasteiger partial charge in [0, 0.05) is 31.4 Å². The van der Waals surface area contributed by atoms with Gasteiger partial charge < -0.3 is 10.2 Å². The molecular formula is C25H30N6O2. The topological polar surface area (TPSA) is 93.0 Å². The maximum absolute atomic E-state index is 13.0. The molecule has 1 fully saturated rings. The fourth-order valence-electron chi connectivity index (χ4n) is 4.28. The summed E-state index contributed by atoms with van der Waals surface area (Å²) < 4.78 is 1.95. The molecule has 1 N–H and O–H groups in total. The summed E-state index contributed by atoms with van der Waals surface area (Å²) in [5, 5.41) is 7.25. The van der Waals surface area contributed by atoms with Crippen LogP contribution in [0.15, 0.2) is 42.6 Å². The lowest BCUT2D eigenvalue weighted by molar-refractivity contribution is -0.132. The van der Waals surface area contributed by atoms with Crippen LogP contribution in [0.5, 0.6) is 0 Å². The summed E-state index contributed by atoms with van der Waals surface area (Å²) in [4.78, 5) is 36.4. The van der Waals surface area contributed by atoms with Crippen LogP contribution in [0.25, 0.3) is 0 Å². The van der Waals surface area contributed by atoms with Gasteiger partial charge in [-0.15, -0.1) is 0 Å². The first-order valence-corrected chi connectivity index (χ1v) is 11.4. The third kappa shape index (κ3) is 5.45. The zero-order chi connectivity index (χ0) is 23.4. The molecule has 0 radical (unpaired) electrons. The Morgan fingerprint density at radius 3 is 2.73 bits per heavy atom. The summed E-state index contributed by atoms with van der Waals surface area (Å²) in [6.07, 6.45) is 4.69. The number of hydrogen-bond donors (Lipinski definition) is 1. The lowest BCUT2D eigenvalue weighted by Crippen LogP contribution is -2.31. The molecule has 3 aromatic heterocycles. The summed E-state index contributed by atoms with van der Waals surface area (Å²) in [7, 11) is 0. The first-order chi connectivity index (χ1) is 15.9. The van der Waals surface area contributed by atoms with Crippen LogP contribution < -0.4 is 5.32 Å². The molecule has 8 heteroatoms. The number of likely N-dealkylation sites (tertiary alicyclic amines) is 1. The second kappa shape index (κ2) is 9.94. The van der Waals surface area contributed by atoms with Crippen LogP contribution >= 0.6 is 0 Å². The van der Waals surface area contributed by atoms with Crippen LogP contribution in [0.1, 0.15) is 64.9 Å². The standard InChI is InChI=1S/C25H30N6O2/c1-17-11-12-23(26-16-17)28-25(33)21-8-4-7-20(27-21)22-9-5-13-30(22)24(32)10-6-14-31-19(3)15-18(2)29-31/h4,7-8,11-12,15-16,22H,5-6,9-10,13-14H2,1-3H3,(H,26,28,33)/t22-/m1/s1. The van der Waals surface area contributed by atoms with Crippen molar-refractivity contribution < 1.29 is 9.59 Å². The van der Waals surface area contributed by atoms with Gasteiger partial charge in [-0.25, -0.2) is 9.97 Å². The van der Waals surface area contributed by atoms with E-state index < -0.39 is 0 Å². The molecule has 1 aliphatic rings. The molecule has 0 spiro atoms. The fraction of sp³-hybridized carbons (Fsp3) is 0.400. The summed E-state index contributed by atoms with van der Waals surface area (Å²) in [5.41, 5.74) is 4.20. The molecule has 0 aromatic carbocycles. The van der Waals surface area contributed by atoms with Gasteiger partial charge in [0.2, 0.25) is 5.91 Å². The van der Waals surface area contributed by atoms with Gasteiger partial charge in [0.05, 0.1) is 17.4 Å². The average molecular weight is 447 g/mol. The highest BCUT2D eigenvalue weighted by Gasteiger charge is 2.31. The Kier molecular flexibility index (Phi) is 6.82. The lowest BCUT2D eigenvalue weighted by Gasteiger charge is -2.24. The van der Waals surface area contributed by atoms with Crippen molar-refractivity contribution in [2.45, 2.75) is 59.0 Å². The molecule has 1 atom stereocenters. The van der Waals surface area contributed by atoms with Crippen LogP contribution in [0, 0.1) is 20.8 Å². The molecule has 2 amide bonds. The number of pyridine rings is 2. The van der Waals surface area contributed by atoms with E-state index in [1.54, 1.807) is 18.3 Å². The van der Waals surface area contributed by atoms with Crippen LogP contribution in [0.4, 0.5) is 5.82 Å². The quantitative estimate of drug-likeness (QED) is 0.592. The maximum Gasteiger partial charge on any atom is 0.275 e. The third-order valence-corrected chi connectivity index (χ3v) is 5.93. The summed E-state index contributed by atoms with van der Waals surface area (Å²) in [5.74, 6) is 0.298. The Labute approximate surface area is 194 Å². The monoisotopic (exact) mass is 446 g/mol. The van der Waals surface area contributed by atoms with Crippen LogP contribution in [-0.4, -0.2) is 43.0 Å². The Morgan fingerprint density at radius 2 is 2.00 bits per heavy atom. The van der Waals surface area contributed by atoms with E-state index in [2.05, 4.69) is 20.4 Å². The number of rotatable bonds is 7. The first kappa shape index (κ1) is 22.6. The molecule has 8 nitrogen and oxygen atoms in total. The largest absolute Gasteiger partial charge is 0.334 e. The number of amides is 2. The predicted molar refractivity (Wildman–Crippen MR) is 126 cm³/mol. The number of nitrogens with one attached hydrogen (secondary N) is 1. The van der Waals surface area contributed by atoms with E-state index in [1.165, 1.54) is 0 Å². The van der Waals surface area contributed by atoms with Crippen molar-refractivity contribution >= 4 is 17.6 Å². The number of carbonyl (C=O) groups is 2. The van der Waals surface area contributed by atoms with Crippen molar-refractivity contribution in [3.05, 3.63) is 70.9 Å². The highest BCUT2D eigenvalue weighted by molar-refractivity contribution is 6.02. The minimum atomic E-state index is -0.311. The highest BCUT2D eigenvalue weighted by Crippen LogP contribution is 2.31. The second-order valence-corrected chi connectivity index (χ2v) is 8.62. The summed E-state index contributed by atoms with van der Waals surface area (Å²) in [6.45, 7) is 7.39. The molecule has 1 aliphatic heterocycles. The van der Waals surface area contributed by atoms with Gasteiger partial charge in [0.25, 0.3) is 5.91 Å². The van der Waals surface area contributed by atoms with E-state index >= 15 is 0 Å². The zero-order valence-corrected chi connectivity index (χ0v) is 19.4. The van der Waals surface area contributed by atoms with Gasteiger partial charge in [-0.3, -0.25) is 14.3 Å². The van der Waals surface area contributed by atoms with Gasteiger partial charge in [-0.2, -0.15) is 5.10 Å². The normalized spacial score (nSPS) is 15.6. The zero-order valence-electron chi connectivity index (χ0n) is 19.4. The molecule has 1 saturated heterocycles. The molecule has 0 unspecified atom stereocenters. The maximum atomic E-state index is 13.0. The van der Waals surface area contributed by atoms with E-state index in [9.17, 15) is 9.59 Å². The molecule has 0 saturated carbocycles. The molecule has 33 heavy (non-hydrogen) atoms. The molecule has 4 rings (SSSR count). The van der Waals surface area contributed by atoms with Gasteiger partial charge in [0.1, 0.15) is 11.5 Å². The SMILES string of the molecule is Cc1ccc(NC(=O)c2cccc([C@H]3CCCN3C(=O)CCCn3nc(C)cc3C)n2)nc1. The third-order valence-electron chi connectivity index (χ3n) is 5.93. The smallest absolute Gasteiger partial charge is 0.275 e. The minimum absolute atomic E-state index is 0.101. The van der Waals surface area contributed by atoms with E-state index in [0.717, 1.165) is 55.0 Å². The van der Waals surface area contributed by atoms with E-state index in [1.807, 2.05) is 54.6 Å². The Balaban J connectivity index is 1.39. The van der Waals surface area contributed by atoms with Crippen LogP contribution in [0.3, 0.4) is 0 Å². The van der Waals surface area contributed by atoms with Crippen molar-refractivity contribution in [1.29, 1.82) is 0 Å². The summed E-state index contributed by atoms with van der Waals surface area (Å²) >= 11 is 0. The van der Waals surface area contributed by atoms with Gasteiger partial charge >= 0.3 is 0 Å². The number of anilines is 1. The Bertz CT molecular complexity index is 1140. The number of carbonyl (C=O) groups excluding carboxylic acids is 2. The van der Waals surface area contributed by atoms with Gasteiger partial charge in [0.15, 0.2) is 0 Å². The minimum Gasteiger partial charge on any atom is -0.334 e. The first-order valence-electron chi connectivity index (χ1n) is 11.4. The Hall–Kier alpha value is -3.55. The van der Waals surface area contributed by atoms with Crippen molar-refractivity contribution in [3.63, 3.8) is 0 Å². The van der Waals surface area contributed by atoms with Crippen LogP contribution in [-0.2, 0) is 11.3 Å². The van der Waals surface area contributed by atoms with E-state index in [0.29, 0.717) is 17.9 Å². The fourth-order valence-corrected chi connectivity index (χ4v) is 4.28. The average Bonchev–Trinajstić information content (AvgIpc) is 3.41. The molecule has 0 aliphatic carbocycles. The second-order valence-electron chi connectivity index (χ2n) is 8.62. The number of hydrogen-bond acceptors (Lipinski definition) is 5. The van der Waals surface area contributed by atoms with Crippen molar-refractivity contribution in [1.82, 2.24) is 24.6 Å². The molecule has 0 bridgehead atoms. The Morgan fingerprint density at radius 1 is 1.15 bits per heavy atom.